The minimum absolute atomic E-state index is 0.346. The largest absolute Gasteiger partial charge is 0.481 e. The monoisotopic (exact) mass is 245 g/mol. The number of carbonyl (C=O) groups is 1. The van der Waals surface area contributed by atoms with E-state index in [9.17, 15) is 4.79 Å². The van der Waals surface area contributed by atoms with E-state index >= 15 is 0 Å². The second kappa shape index (κ2) is 5.04. The molecule has 0 bridgehead atoms. The van der Waals surface area contributed by atoms with Crippen LogP contribution in [0.2, 0.25) is 0 Å². The predicted molar refractivity (Wildman–Crippen MR) is 69.0 cm³/mol. The third-order valence-corrected chi connectivity index (χ3v) is 2.73. The molecule has 0 N–H and O–H groups in total. The van der Waals surface area contributed by atoms with Gasteiger partial charge in [-0.2, -0.15) is 0 Å². The molecule has 2 aromatic rings. The zero-order valence-electron chi connectivity index (χ0n) is 10.7. The number of esters is 1. The molecule has 0 aliphatic heterocycles. The molecule has 0 saturated carbocycles. The maximum atomic E-state index is 12.0. The Morgan fingerprint density at radius 2 is 1.94 bits per heavy atom. The van der Waals surface area contributed by atoms with Crippen LogP contribution in [-0.2, 0) is 4.74 Å². The van der Waals surface area contributed by atoms with Crippen molar-refractivity contribution in [2.45, 2.75) is 13.8 Å². The van der Waals surface area contributed by atoms with Crippen molar-refractivity contribution in [3.05, 3.63) is 35.5 Å². The number of aryl methyl sites for hydroxylation is 1. The van der Waals surface area contributed by atoms with Gasteiger partial charge in [-0.25, -0.2) is 9.78 Å². The van der Waals surface area contributed by atoms with Gasteiger partial charge in [0.05, 0.1) is 25.0 Å². The van der Waals surface area contributed by atoms with E-state index in [2.05, 4.69) is 4.98 Å². The first kappa shape index (κ1) is 12.4. The Labute approximate surface area is 106 Å². The van der Waals surface area contributed by atoms with E-state index in [0.717, 1.165) is 10.8 Å². The molecule has 0 unspecified atom stereocenters. The van der Waals surface area contributed by atoms with Gasteiger partial charge in [-0.1, -0.05) is 18.2 Å². The van der Waals surface area contributed by atoms with Crippen molar-refractivity contribution in [3.63, 3.8) is 0 Å². The molecule has 0 fully saturated rings. The standard InChI is InChI=1S/C14H15NO3/c1-4-18-14(16)12-9(2)15-13(17-3)11-8-6-5-7-10(11)12/h5-8H,4H2,1-3H3. The number of aromatic nitrogens is 1. The Balaban J connectivity index is 2.73. The van der Waals surface area contributed by atoms with Gasteiger partial charge in [0.2, 0.25) is 5.88 Å². The summed E-state index contributed by atoms with van der Waals surface area (Å²) in [5.74, 6) is 0.178. The number of hydrogen-bond acceptors (Lipinski definition) is 4. The van der Waals surface area contributed by atoms with Crippen LogP contribution in [0.1, 0.15) is 23.0 Å². The van der Waals surface area contributed by atoms with Gasteiger partial charge in [-0.05, 0) is 19.9 Å². The lowest BCUT2D eigenvalue weighted by molar-refractivity contribution is 0.0527. The SMILES string of the molecule is CCOC(=O)c1c(C)nc(OC)c2ccccc12. The molecule has 0 radical (unpaired) electrons. The predicted octanol–water partition coefficient (Wildman–Crippen LogP) is 2.73. The van der Waals surface area contributed by atoms with E-state index in [-0.39, 0.29) is 5.97 Å². The van der Waals surface area contributed by atoms with Crippen LogP contribution in [-0.4, -0.2) is 24.7 Å². The van der Waals surface area contributed by atoms with Crippen LogP contribution in [0.5, 0.6) is 5.88 Å². The molecule has 0 atom stereocenters. The highest BCUT2D eigenvalue weighted by atomic mass is 16.5. The molecule has 2 rings (SSSR count). The summed E-state index contributed by atoms with van der Waals surface area (Å²) in [4.78, 5) is 16.3. The second-order valence-electron chi connectivity index (χ2n) is 3.85. The number of fused-ring (bicyclic) bond motifs is 1. The molecule has 0 saturated heterocycles. The third-order valence-electron chi connectivity index (χ3n) is 2.73. The molecule has 0 aliphatic carbocycles. The summed E-state index contributed by atoms with van der Waals surface area (Å²) in [6.45, 7) is 3.91. The number of ether oxygens (including phenoxy) is 2. The molecule has 4 heteroatoms. The van der Waals surface area contributed by atoms with Crippen LogP contribution in [0.3, 0.4) is 0 Å². The number of pyridine rings is 1. The fourth-order valence-corrected chi connectivity index (χ4v) is 1.97. The van der Waals surface area contributed by atoms with Gasteiger partial charge in [0, 0.05) is 10.8 Å². The summed E-state index contributed by atoms with van der Waals surface area (Å²) in [6.07, 6.45) is 0. The van der Waals surface area contributed by atoms with Gasteiger partial charge >= 0.3 is 5.97 Å². The van der Waals surface area contributed by atoms with Gasteiger partial charge in [-0.3, -0.25) is 0 Å². The smallest absolute Gasteiger partial charge is 0.340 e. The zero-order chi connectivity index (χ0) is 13.1. The lowest BCUT2D eigenvalue weighted by Crippen LogP contribution is -2.09. The van der Waals surface area contributed by atoms with Crippen LogP contribution < -0.4 is 4.74 Å². The molecule has 0 amide bonds. The third kappa shape index (κ3) is 2.01. The van der Waals surface area contributed by atoms with Gasteiger partial charge in [0.15, 0.2) is 0 Å². The number of rotatable bonds is 3. The Morgan fingerprint density at radius 1 is 1.28 bits per heavy atom. The van der Waals surface area contributed by atoms with Crippen LogP contribution >= 0.6 is 0 Å². The Hall–Kier alpha value is -2.10. The van der Waals surface area contributed by atoms with Crippen LogP contribution in [0, 0.1) is 6.92 Å². The first-order chi connectivity index (χ1) is 8.69. The fourth-order valence-electron chi connectivity index (χ4n) is 1.97. The van der Waals surface area contributed by atoms with Gasteiger partial charge in [0.25, 0.3) is 0 Å². The van der Waals surface area contributed by atoms with E-state index in [1.165, 1.54) is 0 Å². The summed E-state index contributed by atoms with van der Waals surface area (Å²) < 4.78 is 10.3. The number of nitrogens with zero attached hydrogens (tertiary/aromatic N) is 1. The number of methoxy groups -OCH3 is 1. The van der Waals surface area contributed by atoms with Crippen molar-refractivity contribution >= 4 is 16.7 Å². The van der Waals surface area contributed by atoms with Crippen molar-refractivity contribution in [3.8, 4) is 5.88 Å². The second-order valence-corrected chi connectivity index (χ2v) is 3.85. The van der Waals surface area contributed by atoms with E-state index < -0.39 is 0 Å². The first-order valence-corrected chi connectivity index (χ1v) is 5.79. The zero-order valence-corrected chi connectivity index (χ0v) is 10.7. The molecule has 0 aliphatic rings. The van der Waals surface area contributed by atoms with Gasteiger partial charge < -0.3 is 9.47 Å². The van der Waals surface area contributed by atoms with Gasteiger partial charge in [0.1, 0.15) is 0 Å². The minimum Gasteiger partial charge on any atom is -0.481 e. The molecular weight excluding hydrogens is 230 g/mol. The van der Waals surface area contributed by atoms with Crippen LogP contribution in [0.4, 0.5) is 0 Å². The summed E-state index contributed by atoms with van der Waals surface area (Å²) in [6, 6.07) is 7.52. The van der Waals surface area contributed by atoms with E-state index in [0.29, 0.717) is 23.7 Å². The quantitative estimate of drug-likeness (QED) is 0.780. The maximum absolute atomic E-state index is 12.0. The molecule has 1 heterocycles. The highest BCUT2D eigenvalue weighted by molar-refractivity contribution is 6.06. The van der Waals surface area contributed by atoms with E-state index in [1.54, 1.807) is 21.0 Å². The lowest BCUT2D eigenvalue weighted by atomic mass is 10.0. The minimum atomic E-state index is -0.346. The van der Waals surface area contributed by atoms with Crippen molar-refractivity contribution in [1.29, 1.82) is 0 Å². The fraction of sp³-hybridized carbons (Fsp3) is 0.286. The van der Waals surface area contributed by atoms with Crippen molar-refractivity contribution in [2.75, 3.05) is 13.7 Å². The highest BCUT2D eigenvalue weighted by Crippen LogP contribution is 2.28. The number of carbonyl (C=O) groups excluding carboxylic acids is 1. The molecule has 4 nitrogen and oxygen atoms in total. The van der Waals surface area contributed by atoms with Gasteiger partial charge in [-0.15, -0.1) is 0 Å². The molecule has 0 spiro atoms. The molecule has 94 valence electrons. The summed E-state index contributed by atoms with van der Waals surface area (Å²) in [5.41, 5.74) is 1.12. The lowest BCUT2D eigenvalue weighted by Gasteiger charge is -2.11. The van der Waals surface area contributed by atoms with Crippen molar-refractivity contribution in [1.82, 2.24) is 4.98 Å². The summed E-state index contributed by atoms with van der Waals surface area (Å²) in [7, 11) is 1.57. The molecule has 18 heavy (non-hydrogen) atoms. The van der Waals surface area contributed by atoms with E-state index in [4.69, 9.17) is 9.47 Å². The summed E-state index contributed by atoms with van der Waals surface area (Å²) >= 11 is 0. The van der Waals surface area contributed by atoms with E-state index in [1.807, 2.05) is 24.3 Å². The maximum Gasteiger partial charge on any atom is 0.340 e. The Morgan fingerprint density at radius 3 is 2.56 bits per heavy atom. The van der Waals surface area contributed by atoms with Crippen molar-refractivity contribution < 1.29 is 14.3 Å². The van der Waals surface area contributed by atoms with Crippen LogP contribution in [0.25, 0.3) is 10.8 Å². The number of hydrogen-bond donors (Lipinski definition) is 0. The molecule has 1 aromatic heterocycles. The summed E-state index contributed by atoms with van der Waals surface area (Å²) in [5, 5.41) is 1.62. The first-order valence-electron chi connectivity index (χ1n) is 5.79. The average Bonchev–Trinajstić information content (AvgIpc) is 2.37. The molecular formula is C14H15NO3. The Bertz CT molecular complexity index is 593. The average molecular weight is 245 g/mol. The van der Waals surface area contributed by atoms with Crippen LogP contribution in [0.15, 0.2) is 24.3 Å². The Kier molecular flexibility index (Phi) is 3.46. The topological polar surface area (TPSA) is 48.4 Å². The highest BCUT2D eigenvalue weighted by Gasteiger charge is 2.18. The number of benzene rings is 1. The van der Waals surface area contributed by atoms with Crippen molar-refractivity contribution in [2.24, 2.45) is 0 Å². The normalized spacial score (nSPS) is 10.4. The molecule has 1 aromatic carbocycles.